The van der Waals surface area contributed by atoms with Gasteiger partial charge in [0.2, 0.25) is 11.8 Å². The number of nitrogens with one attached hydrogen (secondary N) is 1. The van der Waals surface area contributed by atoms with E-state index in [0.29, 0.717) is 29.9 Å². The highest BCUT2D eigenvalue weighted by Crippen LogP contribution is 2.22. The second kappa shape index (κ2) is 6.42. The van der Waals surface area contributed by atoms with Gasteiger partial charge in [-0.2, -0.15) is 8.78 Å². The summed E-state index contributed by atoms with van der Waals surface area (Å²) in [5, 5.41) is 11.0. The van der Waals surface area contributed by atoms with E-state index in [-0.39, 0.29) is 5.75 Å². The summed E-state index contributed by atoms with van der Waals surface area (Å²) in [7, 11) is 0. The molecule has 108 valence electrons. The van der Waals surface area contributed by atoms with Crippen molar-refractivity contribution in [2.45, 2.75) is 33.0 Å². The van der Waals surface area contributed by atoms with Gasteiger partial charge in [-0.05, 0) is 24.3 Å². The van der Waals surface area contributed by atoms with Crippen molar-refractivity contribution >= 4 is 0 Å². The molecule has 0 radical (unpaired) electrons. The topological polar surface area (TPSA) is 60.2 Å². The fourth-order valence-corrected chi connectivity index (χ4v) is 1.51. The molecule has 1 aromatic heterocycles. The minimum Gasteiger partial charge on any atom is -0.435 e. The van der Waals surface area contributed by atoms with Crippen LogP contribution in [0.4, 0.5) is 8.78 Å². The second-order valence-corrected chi connectivity index (χ2v) is 4.44. The predicted molar refractivity (Wildman–Crippen MR) is 68.3 cm³/mol. The first-order valence-electron chi connectivity index (χ1n) is 6.15. The van der Waals surface area contributed by atoms with Crippen LogP contribution in [0, 0.1) is 0 Å². The molecule has 0 aliphatic rings. The Kier molecular flexibility index (Phi) is 4.62. The van der Waals surface area contributed by atoms with Gasteiger partial charge in [0.05, 0.1) is 6.54 Å². The molecule has 0 amide bonds. The number of benzene rings is 1. The fourth-order valence-electron chi connectivity index (χ4n) is 1.51. The molecular formula is C13H15F2N3O2. The zero-order valence-corrected chi connectivity index (χ0v) is 11.1. The van der Waals surface area contributed by atoms with Gasteiger partial charge in [0.15, 0.2) is 0 Å². The average Bonchev–Trinajstić information content (AvgIpc) is 2.85. The second-order valence-electron chi connectivity index (χ2n) is 4.44. The van der Waals surface area contributed by atoms with Crippen molar-refractivity contribution in [3.8, 4) is 17.2 Å². The first kappa shape index (κ1) is 14.4. The Morgan fingerprint density at radius 3 is 2.50 bits per heavy atom. The van der Waals surface area contributed by atoms with E-state index < -0.39 is 6.61 Å². The number of aromatic nitrogens is 2. The number of halogens is 2. The Labute approximate surface area is 115 Å². The maximum atomic E-state index is 12.0. The van der Waals surface area contributed by atoms with Crippen LogP contribution in [-0.4, -0.2) is 22.9 Å². The minimum absolute atomic E-state index is 0.0879. The highest BCUT2D eigenvalue weighted by molar-refractivity contribution is 5.53. The number of hydrogen-bond donors (Lipinski definition) is 1. The third-order valence-electron chi connectivity index (χ3n) is 2.45. The van der Waals surface area contributed by atoms with Gasteiger partial charge in [-0.1, -0.05) is 13.8 Å². The van der Waals surface area contributed by atoms with E-state index in [2.05, 4.69) is 20.3 Å². The molecule has 2 rings (SSSR count). The van der Waals surface area contributed by atoms with Crippen LogP contribution in [0.1, 0.15) is 19.7 Å². The molecule has 1 N–H and O–H groups in total. The van der Waals surface area contributed by atoms with Crippen molar-refractivity contribution in [2.75, 3.05) is 0 Å². The summed E-state index contributed by atoms with van der Waals surface area (Å²) >= 11 is 0. The Morgan fingerprint density at radius 1 is 1.20 bits per heavy atom. The molecule has 20 heavy (non-hydrogen) atoms. The Balaban J connectivity index is 2.04. The third-order valence-corrected chi connectivity index (χ3v) is 2.45. The monoisotopic (exact) mass is 283 g/mol. The van der Waals surface area contributed by atoms with Crippen LogP contribution in [0.15, 0.2) is 28.7 Å². The molecule has 0 unspecified atom stereocenters. The molecule has 0 atom stereocenters. The smallest absolute Gasteiger partial charge is 0.387 e. The Morgan fingerprint density at radius 2 is 1.90 bits per heavy atom. The van der Waals surface area contributed by atoms with Gasteiger partial charge in [0.25, 0.3) is 0 Å². The van der Waals surface area contributed by atoms with E-state index in [4.69, 9.17) is 4.42 Å². The number of alkyl halides is 2. The molecule has 0 saturated carbocycles. The molecule has 0 bridgehead atoms. The molecule has 0 aliphatic carbocycles. The van der Waals surface area contributed by atoms with Crippen LogP contribution in [0.3, 0.4) is 0 Å². The summed E-state index contributed by atoms with van der Waals surface area (Å²) in [5.41, 5.74) is 0.648. The third kappa shape index (κ3) is 3.99. The predicted octanol–water partition coefficient (Wildman–Crippen LogP) is 2.84. The average molecular weight is 283 g/mol. The number of nitrogens with zero attached hydrogens (tertiary/aromatic N) is 2. The Bertz CT molecular complexity index is 541. The largest absolute Gasteiger partial charge is 0.435 e. The number of rotatable bonds is 6. The van der Waals surface area contributed by atoms with Crippen LogP contribution in [0.5, 0.6) is 5.75 Å². The van der Waals surface area contributed by atoms with E-state index in [1.165, 1.54) is 12.1 Å². The van der Waals surface area contributed by atoms with Gasteiger partial charge < -0.3 is 14.5 Å². The summed E-state index contributed by atoms with van der Waals surface area (Å²) in [6.45, 7) is 1.67. The van der Waals surface area contributed by atoms with Gasteiger partial charge in [-0.25, -0.2) is 0 Å². The zero-order valence-electron chi connectivity index (χ0n) is 11.1. The van der Waals surface area contributed by atoms with Crippen LogP contribution in [-0.2, 0) is 6.54 Å². The summed E-state index contributed by atoms with van der Waals surface area (Å²) in [5.74, 6) is 0.903. The first-order valence-corrected chi connectivity index (χ1v) is 6.15. The van der Waals surface area contributed by atoms with Crippen molar-refractivity contribution in [3.05, 3.63) is 30.2 Å². The molecule has 0 saturated heterocycles. The molecule has 5 nitrogen and oxygen atoms in total. The molecule has 0 fully saturated rings. The zero-order chi connectivity index (χ0) is 14.5. The standard InChI is InChI=1S/C13H15F2N3O2/c1-8(2)16-7-11-17-18-12(20-11)9-3-5-10(6-4-9)19-13(14)15/h3-6,8,13,16H,7H2,1-2H3. The lowest BCUT2D eigenvalue weighted by atomic mass is 10.2. The maximum absolute atomic E-state index is 12.0. The SMILES string of the molecule is CC(C)NCc1nnc(-c2ccc(OC(F)F)cc2)o1. The summed E-state index contributed by atoms with van der Waals surface area (Å²) in [6, 6.07) is 6.35. The van der Waals surface area contributed by atoms with Gasteiger partial charge in [-0.15, -0.1) is 10.2 Å². The van der Waals surface area contributed by atoms with E-state index in [9.17, 15) is 8.78 Å². The lowest BCUT2D eigenvalue weighted by Gasteiger charge is -2.04. The van der Waals surface area contributed by atoms with Crippen LogP contribution in [0.2, 0.25) is 0 Å². The van der Waals surface area contributed by atoms with E-state index in [1.54, 1.807) is 12.1 Å². The van der Waals surface area contributed by atoms with Crippen molar-refractivity contribution in [3.63, 3.8) is 0 Å². The number of hydrogen-bond acceptors (Lipinski definition) is 5. The minimum atomic E-state index is -2.84. The van der Waals surface area contributed by atoms with E-state index in [0.717, 1.165) is 0 Å². The quantitative estimate of drug-likeness (QED) is 0.883. The summed E-state index contributed by atoms with van der Waals surface area (Å²) in [4.78, 5) is 0. The molecule has 0 aliphatic heterocycles. The van der Waals surface area contributed by atoms with Crippen LogP contribution < -0.4 is 10.1 Å². The van der Waals surface area contributed by atoms with E-state index >= 15 is 0 Å². The van der Waals surface area contributed by atoms with Crippen molar-refractivity contribution in [2.24, 2.45) is 0 Å². The molecule has 0 spiro atoms. The fraction of sp³-hybridized carbons (Fsp3) is 0.385. The maximum Gasteiger partial charge on any atom is 0.387 e. The first-order chi connectivity index (χ1) is 9.54. The highest BCUT2D eigenvalue weighted by atomic mass is 19.3. The van der Waals surface area contributed by atoms with Gasteiger partial charge in [-0.3, -0.25) is 0 Å². The van der Waals surface area contributed by atoms with E-state index in [1.807, 2.05) is 13.8 Å². The normalized spacial score (nSPS) is 11.3. The van der Waals surface area contributed by atoms with Crippen LogP contribution >= 0.6 is 0 Å². The lowest BCUT2D eigenvalue weighted by molar-refractivity contribution is -0.0498. The van der Waals surface area contributed by atoms with Crippen molar-refractivity contribution in [1.82, 2.24) is 15.5 Å². The van der Waals surface area contributed by atoms with Gasteiger partial charge in [0.1, 0.15) is 5.75 Å². The van der Waals surface area contributed by atoms with Crippen molar-refractivity contribution < 1.29 is 17.9 Å². The van der Waals surface area contributed by atoms with Crippen molar-refractivity contribution in [1.29, 1.82) is 0 Å². The molecular weight excluding hydrogens is 268 g/mol. The Hall–Kier alpha value is -2.02. The highest BCUT2D eigenvalue weighted by Gasteiger charge is 2.10. The summed E-state index contributed by atoms with van der Waals surface area (Å²) < 4.78 is 33.8. The number of ether oxygens (including phenoxy) is 1. The lowest BCUT2D eigenvalue weighted by Crippen LogP contribution is -2.21. The van der Waals surface area contributed by atoms with Crippen LogP contribution in [0.25, 0.3) is 11.5 Å². The summed E-state index contributed by atoms with van der Waals surface area (Å²) in [6.07, 6.45) is 0. The molecule has 1 heterocycles. The molecule has 1 aromatic carbocycles. The van der Waals surface area contributed by atoms with Gasteiger partial charge >= 0.3 is 6.61 Å². The molecule has 7 heteroatoms. The van der Waals surface area contributed by atoms with Gasteiger partial charge in [0, 0.05) is 11.6 Å². The molecule has 2 aromatic rings.